The Morgan fingerprint density at radius 1 is 1.00 bits per heavy atom. The van der Waals surface area contributed by atoms with E-state index in [1.54, 1.807) is 11.8 Å². The Labute approximate surface area is 171 Å². The van der Waals surface area contributed by atoms with Crippen molar-refractivity contribution in [3.8, 4) is 0 Å². The van der Waals surface area contributed by atoms with Crippen LogP contribution >= 0.6 is 11.8 Å². The van der Waals surface area contributed by atoms with Crippen molar-refractivity contribution in [2.45, 2.75) is 44.4 Å². The van der Waals surface area contributed by atoms with Crippen molar-refractivity contribution < 1.29 is 9.59 Å². The largest absolute Gasteiger partial charge is 0.352 e. The van der Waals surface area contributed by atoms with Gasteiger partial charge in [-0.15, -0.1) is 11.8 Å². The molecule has 0 unspecified atom stereocenters. The molecule has 0 radical (unpaired) electrons. The molecule has 3 rings (SSSR count). The van der Waals surface area contributed by atoms with Crippen molar-refractivity contribution in [3.05, 3.63) is 65.7 Å². The Hall–Kier alpha value is -2.27. The fraction of sp³-hybridized carbons (Fsp3) is 0.391. The van der Waals surface area contributed by atoms with Gasteiger partial charge in [0.05, 0.1) is 5.75 Å². The lowest BCUT2D eigenvalue weighted by atomic mass is 9.86. The van der Waals surface area contributed by atoms with Gasteiger partial charge >= 0.3 is 0 Å². The molecule has 5 heteroatoms. The van der Waals surface area contributed by atoms with Gasteiger partial charge in [0.1, 0.15) is 0 Å². The smallest absolute Gasteiger partial charge is 0.255 e. The summed E-state index contributed by atoms with van der Waals surface area (Å²) in [5.74, 6) is 1.82. The number of nitrogens with one attached hydrogen (secondary N) is 2. The number of carbonyl (C=O) groups is 2. The maximum atomic E-state index is 12.3. The molecule has 0 bridgehead atoms. The van der Waals surface area contributed by atoms with Crippen LogP contribution in [0.4, 0.5) is 5.69 Å². The minimum atomic E-state index is -0.119. The molecule has 2 amide bonds. The summed E-state index contributed by atoms with van der Waals surface area (Å²) in [6, 6.07) is 17.3. The SMILES string of the molecule is C[C@@H]1CCCC[C@@H]1NC(=O)CSCc1ccc(C(=O)Nc2ccccc2)cc1. The van der Waals surface area contributed by atoms with E-state index in [-0.39, 0.29) is 11.8 Å². The Bertz CT molecular complexity index is 777. The molecular formula is C23H28N2O2S. The fourth-order valence-corrected chi connectivity index (χ4v) is 4.32. The number of rotatable bonds is 7. The summed E-state index contributed by atoms with van der Waals surface area (Å²) >= 11 is 1.61. The lowest BCUT2D eigenvalue weighted by molar-refractivity contribution is -0.119. The zero-order chi connectivity index (χ0) is 19.8. The molecule has 1 fully saturated rings. The molecule has 2 N–H and O–H groups in total. The van der Waals surface area contributed by atoms with E-state index in [1.165, 1.54) is 19.3 Å². The molecule has 2 atom stereocenters. The van der Waals surface area contributed by atoms with Crippen LogP contribution in [-0.4, -0.2) is 23.6 Å². The highest BCUT2D eigenvalue weighted by Crippen LogP contribution is 2.24. The normalized spacial score (nSPS) is 19.0. The predicted molar refractivity (Wildman–Crippen MR) is 117 cm³/mol. The van der Waals surface area contributed by atoms with Crippen LogP contribution < -0.4 is 10.6 Å². The number of hydrogen-bond donors (Lipinski definition) is 2. The first-order chi connectivity index (χ1) is 13.6. The topological polar surface area (TPSA) is 58.2 Å². The second kappa shape index (κ2) is 10.3. The number of anilines is 1. The number of amides is 2. The van der Waals surface area contributed by atoms with Gasteiger partial charge in [0.25, 0.3) is 5.91 Å². The van der Waals surface area contributed by atoms with Crippen molar-refractivity contribution in [1.29, 1.82) is 0 Å². The Kier molecular flexibility index (Phi) is 7.54. The van der Waals surface area contributed by atoms with E-state index in [4.69, 9.17) is 0 Å². The maximum absolute atomic E-state index is 12.3. The second-order valence-electron chi connectivity index (χ2n) is 7.45. The van der Waals surface area contributed by atoms with Gasteiger partial charge < -0.3 is 10.6 Å². The summed E-state index contributed by atoms with van der Waals surface area (Å²) in [6.45, 7) is 2.23. The van der Waals surface area contributed by atoms with Gasteiger partial charge in [0.2, 0.25) is 5.91 Å². The number of hydrogen-bond acceptors (Lipinski definition) is 3. The monoisotopic (exact) mass is 396 g/mol. The first kappa shape index (κ1) is 20.5. The minimum Gasteiger partial charge on any atom is -0.352 e. The first-order valence-corrected chi connectivity index (χ1v) is 11.1. The molecule has 28 heavy (non-hydrogen) atoms. The molecule has 148 valence electrons. The zero-order valence-corrected chi connectivity index (χ0v) is 17.1. The van der Waals surface area contributed by atoms with E-state index in [9.17, 15) is 9.59 Å². The van der Waals surface area contributed by atoms with Gasteiger partial charge in [-0.25, -0.2) is 0 Å². The van der Waals surface area contributed by atoms with Crippen molar-refractivity contribution in [2.24, 2.45) is 5.92 Å². The fourth-order valence-electron chi connectivity index (χ4n) is 3.52. The summed E-state index contributed by atoms with van der Waals surface area (Å²) in [4.78, 5) is 24.5. The molecule has 1 saturated carbocycles. The van der Waals surface area contributed by atoms with E-state index in [1.807, 2.05) is 54.6 Å². The number of para-hydroxylation sites is 1. The Morgan fingerprint density at radius 3 is 2.43 bits per heavy atom. The van der Waals surface area contributed by atoms with Crippen LogP contribution in [0.3, 0.4) is 0 Å². The van der Waals surface area contributed by atoms with Crippen molar-refractivity contribution in [1.82, 2.24) is 5.32 Å². The van der Waals surface area contributed by atoms with E-state index in [2.05, 4.69) is 17.6 Å². The quantitative estimate of drug-likeness (QED) is 0.702. The summed E-state index contributed by atoms with van der Waals surface area (Å²) in [7, 11) is 0. The van der Waals surface area contributed by atoms with Gasteiger partial charge in [-0.3, -0.25) is 9.59 Å². The van der Waals surface area contributed by atoms with E-state index >= 15 is 0 Å². The van der Waals surface area contributed by atoms with E-state index in [0.29, 0.717) is 23.3 Å². The summed E-state index contributed by atoms with van der Waals surface area (Å²) < 4.78 is 0. The lowest BCUT2D eigenvalue weighted by Gasteiger charge is -2.29. The maximum Gasteiger partial charge on any atom is 0.255 e. The third-order valence-corrected chi connectivity index (χ3v) is 6.21. The molecule has 4 nitrogen and oxygen atoms in total. The van der Waals surface area contributed by atoms with Crippen LogP contribution in [0, 0.1) is 5.92 Å². The van der Waals surface area contributed by atoms with Crippen LogP contribution in [0.5, 0.6) is 0 Å². The highest BCUT2D eigenvalue weighted by Gasteiger charge is 2.22. The van der Waals surface area contributed by atoms with Gasteiger partial charge in [-0.1, -0.05) is 50.1 Å². The third-order valence-electron chi connectivity index (χ3n) is 5.21. The summed E-state index contributed by atoms with van der Waals surface area (Å²) in [6.07, 6.45) is 4.81. The molecule has 0 saturated heterocycles. The van der Waals surface area contributed by atoms with Gasteiger partial charge in [0, 0.05) is 23.0 Å². The molecule has 0 aromatic heterocycles. The summed E-state index contributed by atoms with van der Waals surface area (Å²) in [5.41, 5.74) is 2.52. The Balaban J connectivity index is 1.41. The van der Waals surface area contributed by atoms with Gasteiger partial charge in [0.15, 0.2) is 0 Å². The highest BCUT2D eigenvalue weighted by atomic mass is 32.2. The standard InChI is InChI=1S/C23H28N2O2S/c1-17-7-5-6-10-21(17)25-22(26)16-28-15-18-11-13-19(14-12-18)23(27)24-20-8-3-2-4-9-20/h2-4,8-9,11-14,17,21H,5-7,10,15-16H2,1H3,(H,24,27)(H,25,26)/t17-,21+/m1/s1. The predicted octanol–water partition coefficient (Wildman–Crippen LogP) is 4.87. The molecule has 0 heterocycles. The van der Waals surface area contributed by atoms with Gasteiger partial charge in [-0.05, 0) is 48.6 Å². The number of carbonyl (C=O) groups excluding carboxylic acids is 2. The van der Waals surface area contributed by atoms with Crippen LogP contribution in [0.1, 0.15) is 48.5 Å². The third kappa shape index (κ3) is 6.13. The van der Waals surface area contributed by atoms with E-state index < -0.39 is 0 Å². The molecule has 1 aliphatic rings. The number of benzene rings is 2. The molecule has 2 aromatic carbocycles. The molecule has 1 aliphatic carbocycles. The highest BCUT2D eigenvalue weighted by molar-refractivity contribution is 7.99. The molecule has 0 aliphatic heterocycles. The van der Waals surface area contributed by atoms with Crippen molar-refractivity contribution in [2.75, 3.05) is 11.1 Å². The lowest BCUT2D eigenvalue weighted by Crippen LogP contribution is -2.41. The van der Waals surface area contributed by atoms with Crippen LogP contribution in [0.2, 0.25) is 0 Å². The van der Waals surface area contributed by atoms with Crippen LogP contribution in [0.25, 0.3) is 0 Å². The molecular weight excluding hydrogens is 368 g/mol. The number of thioether (sulfide) groups is 1. The zero-order valence-electron chi connectivity index (χ0n) is 16.3. The summed E-state index contributed by atoms with van der Waals surface area (Å²) in [5, 5.41) is 6.07. The van der Waals surface area contributed by atoms with Gasteiger partial charge in [-0.2, -0.15) is 0 Å². The minimum absolute atomic E-state index is 0.119. The average molecular weight is 397 g/mol. The Morgan fingerprint density at radius 2 is 1.71 bits per heavy atom. The van der Waals surface area contributed by atoms with Crippen LogP contribution in [0.15, 0.2) is 54.6 Å². The van der Waals surface area contributed by atoms with Crippen molar-refractivity contribution >= 4 is 29.3 Å². The molecule has 0 spiro atoms. The van der Waals surface area contributed by atoms with Crippen molar-refractivity contribution in [3.63, 3.8) is 0 Å². The second-order valence-corrected chi connectivity index (χ2v) is 8.43. The van der Waals surface area contributed by atoms with Crippen LogP contribution in [-0.2, 0) is 10.5 Å². The molecule has 2 aromatic rings. The first-order valence-electron chi connectivity index (χ1n) is 9.94. The van der Waals surface area contributed by atoms with E-state index in [0.717, 1.165) is 23.4 Å². The average Bonchev–Trinajstić information content (AvgIpc) is 2.71.